The van der Waals surface area contributed by atoms with Crippen LogP contribution in [0.1, 0.15) is 19.8 Å². The van der Waals surface area contributed by atoms with E-state index in [-0.39, 0.29) is 5.91 Å². The van der Waals surface area contributed by atoms with E-state index in [1.807, 2.05) is 37.3 Å². The van der Waals surface area contributed by atoms with E-state index in [9.17, 15) is 4.79 Å². The van der Waals surface area contributed by atoms with Crippen LogP contribution in [0.4, 0.5) is 0 Å². The van der Waals surface area contributed by atoms with Crippen LogP contribution in [-0.4, -0.2) is 5.91 Å². The first-order valence-electron chi connectivity index (χ1n) is 5.41. The average Bonchev–Trinajstić information content (AvgIpc) is 2.35. The lowest BCUT2D eigenvalue weighted by Crippen LogP contribution is -2.23. The molecule has 1 amide bonds. The smallest absolute Gasteiger partial charge is 0.255 e. The number of amides is 1. The van der Waals surface area contributed by atoms with Crippen LogP contribution in [0, 0.1) is 0 Å². The van der Waals surface area contributed by atoms with Gasteiger partial charge in [-0.1, -0.05) is 43.0 Å². The van der Waals surface area contributed by atoms with Crippen molar-refractivity contribution >= 4 is 5.91 Å². The van der Waals surface area contributed by atoms with Crippen molar-refractivity contribution in [1.29, 1.82) is 0 Å². The highest BCUT2D eigenvalue weighted by molar-refractivity contribution is 5.97. The third-order valence-corrected chi connectivity index (χ3v) is 2.24. The second kappa shape index (κ2) is 6.62. The lowest BCUT2D eigenvalue weighted by Gasteiger charge is -2.08. The van der Waals surface area contributed by atoms with Crippen LogP contribution in [0.3, 0.4) is 0 Å². The van der Waals surface area contributed by atoms with Gasteiger partial charge in [0.05, 0.1) is 0 Å². The molecule has 2 nitrogen and oxygen atoms in total. The number of carbonyl (C=O) groups excluding carboxylic acids is 1. The Kier molecular flexibility index (Phi) is 5.06. The van der Waals surface area contributed by atoms with Crippen molar-refractivity contribution in [2.75, 3.05) is 0 Å². The lowest BCUT2D eigenvalue weighted by molar-refractivity contribution is -0.116. The first-order valence-corrected chi connectivity index (χ1v) is 5.41. The van der Waals surface area contributed by atoms with Crippen LogP contribution in [-0.2, 0) is 4.79 Å². The van der Waals surface area contributed by atoms with Crippen molar-refractivity contribution < 1.29 is 4.79 Å². The molecule has 0 saturated carbocycles. The highest BCUT2D eigenvalue weighted by atomic mass is 16.1. The molecule has 16 heavy (non-hydrogen) atoms. The Morgan fingerprint density at radius 3 is 2.88 bits per heavy atom. The summed E-state index contributed by atoms with van der Waals surface area (Å²) in [6, 6.07) is 0. The van der Waals surface area contributed by atoms with Crippen molar-refractivity contribution in [2.45, 2.75) is 19.8 Å². The Morgan fingerprint density at radius 2 is 2.31 bits per heavy atom. The van der Waals surface area contributed by atoms with Crippen molar-refractivity contribution in [3.63, 3.8) is 0 Å². The Labute approximate surface area is 96.7 Å². The Hall–Kier alpha value is -1.83. The fourth-order valence-electron chi connectivity index (χ4n) is 1.37. The van der Waals surface area contributed by atoms with Crippen LogP contribution in [0.2, 0.25) is 0 Å². The molecular weight excluding hydrogens is 198 g/mol. The molecule has 0 heterocycles. The standard InChI is InChI=1S/C14H17NO/c1-3-5-11-13(4-2)15-14(16)12-9-7-6-8-10-12/h3-5,7,9-11H,1,6,8H2,2H3,(H,15,16)/b11-5-,13-4+. The maximum atomic E-state index is 11.8. The summed E-state index contributed by atoms with van der Waals surface area (Å²) in [5.41, 5.74) is 1.52. The topological polar surface area (TPSA) is 29.1 Å². The summed E-state index contributed by atoms with van der Waals surface area (Å²) in [4.78, 5) is 11.8. The van der Waals surface area contributed by atoms with Crippen molar-refractivity contribution in [2.24, 2.45) is 0 Å². The number of rotatable bonds is 4. The van der Waals surface area contributed by atoms with E-state index in [2.05, 4.69) is 11.9 Å². The Bertz CT molecular complexity index is 384. The maximum absolute atomic E-state index is 11.8. The van der Waals surface area contributed by atoms with Gasteiger partial charge in [-0.3, -0.25) is 4.79 Å². The molecule has 84 valence electrons. The van der Waals surface area contributed by atoms with Crippen molar-refractivity contribution in [3.05, 3.63) is 60.4 Å². The molecule has 0 spiro atoms. The lowest BCUT2D eigenvalue weighted by atomic mass is 10.1. The van der Waals surface area contributed by atoms with Gasteiger partial charge in [-0.05, 0) is 25.8 Å². The average molecular weight is 215 g/mol. The summed E-state index contributed by atoms with van der Waals surface area (Å²) < 4.78 is 0. The van der Waals surface area contributed by atoms with Crippen LogP contribution in [0.5, 0.6) is 0 Å². The van der Waals surface area contributed by atoms with Gasteiger partial charge in [-0.2, -0.15) is 0 Å². The van der Waals surface area contributed by atoms with Crippen LogP contribution in [0.15, 0.2) is 60.4 Å². The fourth-order valence-corrected chi connectivity index (χ4v) is 1.37. The van der Waals surface area contributed by atoms with E-state index in [0.717, 1.165) is 24.1 Å². The molecule has 0 radical (unpaired) electrons. The number of allylic oxidation sites excluding steroid dienone is 6. The van der Waals surface area contributed by atoms with Crippen LogP contribution < -0.4 is 5.32 Å². The zero-order valence-electron chi connectivity index (χ0n) is 9.57. The van der Waals surface area contributed by atoms with E-state index in [1.165, 1.54) is 0 Å². The molecule has 0 saturated heterocycles. The number of hydrogen-bond donors (Lipinski definition) is 1. The predicted molar refractivity (Wildman–Crippen MR) is 67.7 cm³/mol. The predicted octanol–water partition coefficient (Wildman–Crippen LogP) is 3.03. The molecule has 1 aliphatic rings. The maximum Gasteiger partial charge on any atom is 0.255 e. The zero-order chi connectivity index (χ0) is 11.8. The molecule has 0 aromatic rings. The summed E-state index contributed by atoms with van der Waals surface area (Å²) in [6.45, 7) is 5.47. The van der Waals surface area contributed by atoms with E-state index in [0.29, 0.717) is 0 Å². The highest BCUT2D eigenvalue weighted by Gasteiger charge is 2.08. The highest BCUT2D eigenvalue weighted by Crippen LogP contribution is 2.10. The van der Waals surface area contributed by atoms with Gasteiger partial charge >= 0.3 is 0 Å². The van der Waals surface area contributed by atoms with Crippen LogP contribution >= 0.6 is 0 Å². The molecule has 0 bridgehead atoms. The Morgan fingerprint density at radius 1 is 1.50 bits per heavy atom. The summed E-state index contributed by atoms with van der Waals surface area (Å²) >= 11 is 0. The molecule has 0 fully saturated rings. The summed E-state index contributed by atoms with van der Waals surface area (Å²) in [5.74, 6) is -0.0576. The molecule has 0 atom stereocenters. The third-order valence-electron chi connectivity index (χ3n) is 2.24. The third kappa shape index (κ3) is 3.73. The number of carbonyl (C=O) groups is 1. The van der Waals surface area contributed by atoms with E-state index in [1.54, 1.807) is 12.2 Å². The Balaban J connectivity index is 2.62. The second-order valence-corrected chi connectivity index (χ2v) is 3.43. The van der Waals surface area contributed by atoms with Gasteiger partial charge in [-0.25, -0.2) is 0 Å². The molecule has 0 unspecified atom stereocenters. The summed E-state index contributed by atoms with van der Waals surface area (Å²) in [6.07, 6.45) is 14.9. The quantitative estimate of drug-likeness (QED) is 0.717. The van der Waals surface area contributed by atoms with Gasteiger partial charge in [0.15, 0.2) is 0 Å². The van der Waals surface area contributed by atoms with E-state index in [4.69, 9.17) is 0 Å². The van der Waals surface area contributed by atoms with Gasteiger partial charge in [0.25, 0.3) is 5.91 Å². The molecule has 2 heteroatoms. The van der Waals surface area contributed by atoms with Crippen molar-refractivity contribution in [3.8, 4) is 0 Å². The summed E-state index contributed by atoms with van der Waals surface area (Å²) in [5, 5.41) is 2.84. The fraction of sp³-hybridized carbons (Fsp3) is 0.214. The second-order valence-electron chi connectivity index (χ2n) is 3.43. The minimum Gasteiger partial charge on any atom is -0.322 e. The van der Waals surface area contributed by atoms with E-state index >= 15 is 0 Å². The minimum absolute atomic E-state index is 0.0576. The van der Waals surface area contributed by atoms with Gasteiger partial charge in [0.2, 0.25) is 0 Å². The molecule has 0 aromatic heterocycles. The molecule has 1 N–H and O–H groups in total. The molecular formula is C14H17NO. The normalized spacial score (nSPS) is 16.1. The van der Waals surface area contributed by atoms with Gasteiger partial charge in [-0.15, -0.1) is 0 Å². The number of nitrogens with one attached hydrogen (secondary N) is 1. The monoisotopic (exact) mass is 215 g/mol. The van der Waals surface area contributed by atoms with E-state index < -0.39 is 0 Å². The molecule has 0 aromatic carbocycles. The zero-order valence-corrected chi connectivity index (χ0v) is 9.57. The van der Waals surface area contributed by atoms with Crippen LogP contribution in [0.25, 0.3) is 0 Å². The largest absolute Gasteiger partial charge is 0.322 e. The number of hydrogen-bond acceptors (Lipinski definition) is 1. The molecule has 0 aliphatic heterocycles. The molecule has 1 rings (SSSR count). The first kappa shape index (κ1) is 12.2. The van der Waals surface area contributed by atoms with Gasteiger partial charge < -0.3 is 5.32 Å². The van der Waals surface area contributed by atoms with Gasteiger partial charge in [0.1, 0.15) is 0 Å². The van der Waals surface area contributed by atoms with Gasteiger partial charge in [0, 0.05) is 11.3 Å². The minimum atomic E-state index is -0.0576. The van der Waals surface area contributed by atoms with Crippen molar-refractivity contribution in [1.82, 2.24) is 5.32 Å². The SMILES string of the molecule is C=C/C=C\C(=C/C)NC(=O)C1=CCCC=C1. The first-order chi connectivity index (χ1) is 7.77. The summed E-state index contributed by atoms with van der Waals surface area (Å²) in [7, 11) is 0. The molecule has 1 aliphatic carbocycles.